The first-order valence-corrected chi connectivity index (χ1v) is 11.1. The first-order chi connectivity index (χ1) is 13.2. The fourth-order valence-electron chi connectivity index (χ4n) is 3.14. The molecule has 0 amide bonds. The molecule has 0 unspecified atom stereocenters. The number of hydrogen-bond acceptors (Lipinski definition) is 4. The van der Waals surface area contributed by atoms with E-state index in [1.54, 1.807) is 0 Å². The lowest BCUT2D eigenvalue weighted by Gasteiger charge is -2.05. The van der Waals surface area contributed by atoms with Gasteiger partial charge in [0, 0.05) is 19.4 Å². The van der Waals surface area contributed by atoms with Gasteiger partial charge in [-0.3, -0.25) is 9.59 Å². The minimum absolute atomic E-state index is 0.0623. The number of ether oxygens (including phenoxy) is 1. The van der Waals surface area contributed by atoms with Crippen molar-refractivity contribution < 1.29 is 24.5 Å². The molecule has 0 radical (unpaired) electrons. The Hall–Kier alpha value is -1.10. The van der Waals surface area contributed by atoms with Gasteiger partial charge in [-0.1, -0.05) is 77.0 Å². The molecule has 0 aromatic heterocycles. The molecule has 0 atom stereocenters. The first kappa shape index (κ1) is 25.9. The second kappa shape index (κ2) is 21.2. The fourth-order valence-corrected chi connectivity index (χ4v) is 3.14. The van der Waals surface area contributed by atoms with Gasteiger partial charge >= 0.3 is 11.9 Å². The normalized spacial score (nSPS) is 10.9. The van der Waals surface area contributed by atoms with Crippen molar-refractivity contribution in [3.63, 3.8) is 0 Å². The molecule has 0 aromatic rings. The minimum atomic E-state index is -0.702. The molecule has 0 spiro atoms. The van der Waals surface area contributed by atoms with E-state index in [0.717, 1.165) is 70.6 Å². The van der Waals surface area contributed by atoms with E-state index in [0.29, 0.717) is 19.6 Å². The summed E-state index contributed by atoms with van der Waals surface area (Å²) in [6.07, 6.45) is 18.2. The van der Waals surface area contributed by atoms with Crippen LogP contribution in [0.4, 0.5) is 0 Å². The Morgan fingerprint density at radius 2 is 0.963 bits per heavy atom. The van der Waals surface area contributed by atoms with Crippen molar-refractivity contribution in [2.24, 2.45) is 0 Å². The van der Waals surface area contributed by atoms with Crippen LogP contribution in [0, 0.1) is 0 Å². The van der Waals surface area contributed by atoms with Gasteiger partial charge in [0.15, 0.2) is 0 Å². The molecule has 0 heterocycles. The van der Waals surface area contributed by atoms with Crippen LogP contribution in [0.1, 0.15) is 116 Å². The number of rotatable bonds is 21. The zero-order valence-corrected chi connectivity index (χ0v) is 17.3. The molecular weight excluding hydrogens is 344 g/mol. The smallest absolute Gasteiger partial charge is 0.305 e. The molecule has 0 aromatic carbocycles. The number of carboxylic acids is 1. The van der Waals surface area contributed by atoms with Gasteiger partial charge in [0.2, 0.25) is 0 Å². The largest absolute Gasteiger partial charge is 0.481 e. The molecule has 0 aliphatic carbocycles. The van der Waals surface area contributed by atoms with E-state index in [1.165, 1.54) is 32.1 Å². The molecule has 5 heteroatoms. The summed E-state index contributed by atoms with van der Waals surface area (Å²) in [5.74, 6) is -0.764. The number of unbranched alkanes of at least 4 members (excludes halogenated alkanes) is 14. The third-order valence-electron chi connectivity index (χ3n) is 4.84. The number of carboxylic acid groups (broad SMARTS) is 1. The maximum atomic E-state index is 11.7. The fraction of sp³-hybridized carbons (Fsp3) is 0.909. The lowest BCUT2D eigenvalue weighted by Crippen LogP contribution is -2.05. The van der Waals surface area contributed by atoms with Crippen molar-refractivity contribution in [1.82, 2.24) is 0 Å². The number of esters is 1. The SMILES string of the molecule is O=C(O)CCCCCCCCCCC(=O)OCCCCCCCCCCO. The predicted octanol–water partition coefficient (Wildman–Crippen LogP) is 5.63. The second-order valence-electron chi connectivity index (χ2n) is 7.49. The summed E-state index contributed by atoms with van der Waals surface area (Å²) in [6.45, 7) is 0.862. The van der Waals surface area contributed by atoms with Crippen LogP contribution in [0.15, 0.2) is 0 Å². The van der Waals surface area contributed by atoms with Crippen LogP contribution in [-0.2, 0) is 14.3 Å². The quantitative estimate of drug-likeness (QED) is 0.197. The molecule has 5 nitrogen and oxygen atoms in total. The van der Waals surface area contributed by atoms with E-state index >= 15 is 0 Å². The standard InChI is InChI=1S/C22H42O5/c23-19-15-11-7-3-4-8-12-16-20-27-22(26)18-14-10-6-2-1-5-9-13-17-21(24)25/h23H,1-20H2,(H,24,25). The number of aliphatic hydroxyl groups excluding tert-OH is 1. The van der Waals surface area contributed by atoms with Gasteiger partial charge in [-0.25, -0.2) is 0 Å². The topological polar surface area (TPSA) is 83.8 Å². The lowest BCUT2D eigenvalue weighted by atomic mass is 10.1. The zero-order chi connectivity index (χ0) is 20.0. The third-order valence-corrected chi connectivity index (χ3v) is 4.84. The van der Waals surface area contributed by atoms with E-state index < -0.39 is 5.97 Å². The maximum Gasteiger partial charge on any atom is 0.305 e. The monoisotopic (exact) mass is 386 g/mol. The average molecular weight is 387 g/mol. The Morgan fingerprint density at radius 1 is 0.556 bits per heavy atom. The van der Waals surface area contributed by atoms with Gasteiger partial charge in [0.25, 0.3) is 0 Å². The summed E-state index contributed by atoms with van der Waals surface area (Å²) in [7, 11) is 0. The molecular formula is C22H42O5. The molecule has 0 aliphatic heterocycles. The highest BCUT2D eigenvalue weighted by atomic mass is 16.5. The van der Waals surface area contributed by atoms with Crippen LogP contribution < -0.4 is 0 Å². The number of aliphatic carboxylic acids is 1. The maximum absolute atomic E-state index is 11.7. The summed E-state index contributed by atoms with van der Waals surface area (Å²) >= 11 is 0. The minimum Gasteiger partial charge on any atom is -0.481 e. The Labute approximate surface area is 165 Å². The summed E-state index contributed by atoms with van der Waals surface area (Å²) < 4.78 is 5.28. The van der Waals surface area contributed by atoms with Crippen LogP contribution in [0.5, 0.6) is 0 Å². The number of carbonyl (C=O) groups is 2. The highest BCUT2D eigenvalue weighted by molar-refractivity contribution is 5.69. The van der Waals surface area contributed by atoms with Crippen LogP contribution >= 0.6 is 0 Å². The summed E-state index contributed by atoms with van der Waals surface area (Å²) in [5.41, 5.74) is 0. The van der Waals surface area contributed by atoms with Crippen LogP contribution in [0.3, 0.4) is 0 Å². The van der Waals surface area contributed by atoms with Crippen LogP contribution in [0.25, 0.3) is 0 Å². The van der Waals surface area contributed by atoms with E-state index in [1.807, 2.05) is 0 Å². The van der Waals surface area contributed by atoms with E-state index in [9.17, 15) is 9.59 Å². The van der Waals surface area contributed by atoms with E-state index in [4.69, 9.17) is 14.9 Å². The summed E-state index contributed by atoms with van der Waals surface area (Å²) in [4.78, 5) is 22.0. The first-order valence-electron chi connectivity index (χ1n) is 11.1. The number of hydrogen-bond donors (Lipinski definition) is 2. The zero-order valence-electron chi connectivity index (χ0n) is 17.3. The average Bonchev–Trinajstić information content (AvgIpc) is 2.64. The van der Waals surface area contributed by atoms with Crippen molar-refractivity contribution in [3.05, 3.63) is 0 Å². The van der Waals surface area contributed by atoms with Gasteiger partial charge in [-0.15, -0.1) is 0 Å². The van der Waals surface area contributed by atoms with Crippen molar-refractivity contribution in [2.75, 3.05) is 13.2 Å². The van der Waals surface area contributed by atoms with Gasteiger partial charge in [-0.05, 0) is 25.7 Å². The molecule has 2 N–H and O–H groups in total. The Balaban J connectivity index is 3.16. The van der Waals surface area contributed by atoms with E-state index in [2.05, 4.69) is 0 Å². The highest BCUT2D eigenvalue weighted by Gasteiger charge is 2.02. The molecule has 0 bridgehead atoms. The molecule has 0 saturated carbocycles. The Kier molecular flexibility index (Phi) is 20.3. The van der Waals surface area contributed by atoms with Gasteiger partial charge in [0.05, 0.1) is 6.61 Å². The summed E-state index contributed by atoms with van der Waals surface area (Å²) in [6, 6.07) is 0. The third kappa shape index (κ3) is 22.9. The van der Waals surface area contributed by atoms with Crippen LogP contribution in [0.2, 0.25) is 0 Å². The van der Waals surface area contributed by atoms with E-state index in [-0.39, 0.29) is 12.4 Å². The molecule has 0 aliphatic rings. The molecule has 0 saturated heterocycles. The second-order valence-corrected chi connectivity index (χ2v) is 7.49. The van der Waals surface area contributed by atoms with Gasteiger partial charge < -0.3 is 14.9 Å². The molecule has 160 valence electrons. The van der Waals surface area contributed by atoms with Crippen molar-refractivity contribution in [3.8, 4) is 0 Å². The highest BCUT2D eigenvalue weighted by Crippen LogP contribution is 2.11. The van der Waals surface area contributed by atoms with Gasteiger partial charge in [0.1, 0.15) is 0 Å². The number of aliphatic hydroxyl groups is 1. The Morgan fingerprint density at radius 3 is 1.44 bits per heavy atom. The summed E-state index contributed by atoms with van der Waals surface area (Å²) in [5, 5.41) is 17.2. The molecule has 27 heavy (non-hydrogen) atoms. The molecule has 0 rings (SSSR count). The Bertz CT molecular complexity index is 344. The van der Waals surface area contributed by atoms with Crippen LogP contribution in [-0.4, -0.2) is 35.4 Å². The van der Waals surface area contributed by atoms with Crippen molar-refractivity contribution in [2.45, 2.75) is 116 Å². The van der Waals surface area contributed by atoms with Crippen molar-refractivity contribution in [1.29, 1.82) is 0 Å². The molecule has 0 fully saturated rings. The number of carbonyl (C=O) groups excluding carboxylic acids is 1. The van der Waals surface area contributed by atoms with Crippen molar-refractivity contribution >= 4 is 11.9 Å². The lowest BCUT2D eigenvalue weighted by molar-refractivity contribution is -0.144. The van der Waals surface area contributed by atoms with Gasteiger partial charge in [-0.2, -0.15) is 0 Å². The predicted molar refractivity (Wildman–Crippen MR) is 109 cm³/mol.